The molecule has 0 saturated carbocycles. The molecule has 1 aliphatic rings. The summed E-state index contributed by atoms with van der Waals surface area (Å²) in [6.07, 6.45) is 3.41. The van der Waals surface area contributed by atoms with Crippen molar-refractivity contribution in [1.82, 2.24) is 0 Å². The van der Waals surface area contributed by atoms with Crippen molar-refractivity contribution in [2.24, 2.45) is 5.73 Å². The molecule has 1 fully saturated rings. The van der Waals surface area contributed by atoms with E-state index < -0.39 is 12.0 Å². The van der Waals surface area contributed by atoms with Crippen molar-refractivity contribution in [3.63, 3.8) is 0 Å². The Bertz CT molecular complexity index is 481. The van der Waals surface area contributed by atoms with Crippen molar-refractivity contribution < 1.29 is 14.6 Å². The molecule has 1 heterocycles. The highest BCUT2D eigenvalue weighted by Gasteiger charge is 2.19. The van der Waals surface area contributed by atoms with Crippen LogP contribution in [0.5, 0.6) is 0 Å². The zero-order valence-electron chi connectivity index (χ0n) is 11.5. The molecule has 0 bridgehead atoms. The SMILES string of the molecule is C=C1CCOC1CCc1ccc(CC(N)C(=O)O)cc1. The Morgan fingerprint density at radius 3 is 2.60 bits per heavy atom. The van der Waals surface area contributed by atoms with E-state index in [-0.39, 0.29) is 6.10 Å². The molecular weight excluding hydrogens is 254 g/mol. The Kier molecular flexibility index (Phi) is 4.93. The van der Waals surface area contributed by atoms with Crippen LogP contribution in [0.1, 0.15) is 24.0 Å². The van der Waals surface area contributed by atoms with Crippen LogP contribution in [0.3, 0.4) is 0 Å². The Morgan fingerprint density at radius 2 is 2.05 bits per heavy atom. The number of aryl methyl sites for hydroxylation is 1. The highest BCUT2D eigenvalue weighted by Crippen LogP contribution is 2.22. The molecule has 0 spiro atoms. The minimum absolute atomic E-state index is 0.190. The summed E-state index contributed by atoms with van der Waals surface area (Å²) in [5.74, 6) is -0.967. The Morgan fingerprint density at radius 1 is 1.40 bits per heavy atom. The Labute approximate surface area is 119 Å². The lowest BCUT2D eigenvalue weighted by Crippen LogP contribution is -2.32. The smallest absolute Gasteiger partial charge is 0.320 e. The van der Waals surface area contributed by atoms with Crippen LogP contribution in [0.25, 0.3) is 0 Å². The first-order valence-electron chi connectivity index (χ1n) is 6.91. The first-order chi connectivity index (χ1) is 9.56. The van der Waals surface area contributed by atoms with Crippen LogP contribution < -0.4 is 5.73 Å². The maximum Gasteiger partial charge on any atom is 0.320 e. The summed E-state index contributed by atoms with van der Waals surface area (Å²) in [5.41, 5.74) is 8.88. The first-order valence-corrected chi connectivity index (χ1v) is 6.91. The Hall–Kier alpha value is -1.65. The van der Waals surface area contributed by atoms with E-state index in [9.17, 15) is 4.79 Å². The second-order valence-electron chi connectivity index (χ2n) is 5.27. The van der Waals surface area contributed by atoms with E-state index >= 15 is 0 Å². The van der Waals surface area contributed by atoms with E-state index in [0.717, 1.165) is 31.4 Å². The zero-order valence-corrected chi connectivity index (χ0v) is 11.5. The lowest BCUT2D eigenvalue weighted by Gasteiger charge is -2.11. The maximum atomic E-state index is 10.7. The molecule has 0 aromatic heterocycles. The van der Waals surface area contributed by atoms with Crippen molar-refractivity contribution in [2.75, 3.05) is 6.61 Å². The molecule has 1 aromatic rings. The van der Waals surface area contributed by atoms with Crippen LogP contribution in [0, 0.1) is 0 Å². The number of rotatable bonds is 6. The number of aliphatic carboxylic acids is 1. The topological polar surface area (TPSA) is 72.5 Å². The third-order valence-electron chi connectivity index (χ3n) is 3.69. The van der Waals surface area contributed by atoms with E-state index in [2.05, 4.69) is 6.58 Å². The average molecular weight is 275 g/mol. The number of ether oxygens (including phenoxy) is 1. The Balaban J connectivity index is 1.85. The average Bonchev–Trinajstić information content (AvgIpc) is 2.83. The van der Waals surface area contributed by atoms with Crippen molar-refractivity contribution in [3.05, 3.63) is 47.5 Å². The molecule has 0 radical (unpaired) electrons. The van der Waals surface area contributed by atoms with Crippen molar-refractivity contribution in [2.45, 2.75) is 37.8 Å². The summed E-state index contributed by atoms with van der Waals surface area (Å²) in [6, 6.07) is 7.12. The summed E-state index contributed by atoms with van der Waals surface area (Å²) in [6.45, 7) is 4.80. The summed E-state index contributed by atoms with van der Waals surface area (Å²) in [4.78, 5) is 10.7. The highest BCUT2D eigenvalue weighted by molar-refractivity contribution is 5.73. The third-order valence-corrected chi connectivity index (χ3v) is 3.69. The van der Waals surface area contributed by atoms with E-state index in [1.54, 1.807) is 0 Å². The van der Waals surface area contributed by atoms with E-state index in [1.165, 1.54) is 11.1 Å². The molecule has 1 aliphatic heterocycles. The minimum Gasteiger partial charge on any atom is -0.480 e. The van der Waals surface area contributed by atoms with Gasteiger partial charge in [0.05, 0.1) is 12.7 Å². The minimum atomic E-state index is -0.967. The number of carboxylic acid groups (broad SMARTS) is 1. The summed E-state index contributed by atoms with van der Waals surface area (Å²) in [7, 11) is 0. The first kappa shape index (κ1) is 14.8. The van der Waals surface area contributed by atoms with Gasteiger partial charge in [0.2, 0.25) is 0 Å². The van der Waals surface area contributed by atoms with Crippen molar-refractivity contribution >= 4 is 5.97 Å². The third kappa shape index (κ3) is 3.92. The fourth-order valence-corrected chi connectivity index (χ4v) is 2.38. The monoisotopic (exact) mass is 275 g/mol. The van der Waals surface area contributed by atoms with Crippen LogP contribution in [0.2, 0.25) is 0 Å². The predicted octanol–water partition coefficient (Wildman–Crippen LogP) is 1.92. The van der Waals surface area contributed by atoms with Gasteiger partial charge in [-0.25, -0.2) is 0 Å². The molecule has 108 valence electrons. The number of nitrogens with two attached hydrogens (primary N) is 1. The highest BCUT2D eigenvalue weighted by atomic mass is 16.5. The molecule has 0 amide bonds. The van der Waals surface area contributed by atoms with Crippen LogP contribution in [-0.2, 0) is 22.4 Å². The molecule has 4 heteroatoms. The normalized spacial score (nSPS) is 20.1. The van der Waals surface area contributed by atoms with Crippen molar-refractivity contribution in [1.29, 1.82) is 0 Å². The van der Waals surface area contributed by atoms with Crippen LogP contribution in [0.15, 0.2) is 36.4 Å². The molecule has 2 atom stereocenters. The molecule has 2 rings (SSSR count). The van der Waals surface area contributed by atoms with Gasteiger partial charge in [0.1, 0.15) is 6.04 Å². The standard InChI is InChI=1S/C16H21NO3/c1-11-8-9-20-15(11)7-6-12-2-4-13(5-3-12)10-14(17)16(18)19/h2-5,14-15H,1,6-10,17H2,(H,18,19). The molecule has 1 saturated heterocycles. The largest absolute Gasteiger partial charge is 0.480 e. The van der Waals surface area contributed by atoms with Gasteiger partial charge in [-0.3, -0.25) is 4.79 Å². The fourth-order valence-electron chi connectivity index (χ4n) is 2.38. The van der Waals surface area contributed by atoms with E-state index in [1.807, 2.05) is 24.3 Å². The number of benzene rings is 1. The summed E-state index contributed by atoms with van der Waals surface area (Å²) in [5, 5.41) is 8.78. The molecule has 20 heavy (non-hydrogen) atoms. The van der Waals surface area contributed by atoms with Gasteiger partial charge >= 0.3 is 5.97 Å². The lowest BCUT2D eigenvalue weighted by molar-refractivity contribution is -0.138. The number of carbonyl (C=O) groups is 1. The van der Waals surface area contributed by atoms with Gasteiger partial charge in [0.15, 0.2) is 0 Å². The summed E-state index contributed by atoms with van der Waals surface area (Å²) < 4.78 is 5.61. The molecule has 1 aromatic carbocycles. The van der Waals surface area contributed by atoms with Gasteiger partial charge in [0.25, 0.3) is 0 Å². The number of hydrogen-bond donors (Lipinski definition) is 2. The maximum absolute atomic E-state index is 10.7. The lowest BCUT2D eigenvalue weighted by atomic mass is 10.00. The van der Waals surface area contributed by atoms with Crippen LogP contribution in [-0.4, -0.2) is 29.8 Å². The van der Waals surface area contributed by atoms with Gasteiger partial charge in [-0.2, -0.15) is 0 Å². The number of hydrogen-bond acceptors (Lipinski definition) is 3. The van der Waals surface area contributed by atoms with Gasteiger partial charge < -0.3 is 15.6 Å². The quantitative estimate of drug-likeness (QED) is 0.778. The van der Waals surface area contributed by atoms with Gasteiger partial charge in [0, 0.05) is 0 Å². The summed E-state index contributed by atoms with van der Waals surface area (Å²) >= 11 is 0. The van der Waals surface area contributed by atoms with E-state index in [0.29, 0.717) is 6.42 Å². The van der Waals surface area contributed by atoms with Crippen LogP contribution in [0.4, 0.5) is 0 Å². The molecule has 4 nitrogen and oxygen atoms in total. The molecule has 2 unspecified atom stereocenters. The second-order valence-corrected chi connectivity index (χ2v) is 5.27. The number of carboxylic acids is 1. The zero-order chi connectivity index (χ0) is 14.5. The molecule has 3 N–H and O–H groups in total. The molecular formula is C16H21NO3. The second kappa shape index (κ2) is 6.68. The predicted molar refractivity (Wildman–Crippen MR) is 77.6 cm³/mol. The van der Waals surface area contributed by atoms with Gasteiger partial charge in [-0.1, -0.05) is 30.8 Å². The van der Waals surface area contributed by atoms with Gasteiger partial charge in [-0.05, 0) is 42.4 Å². The van der Waals surface area contributed by atoms with Crippen molar-refractivity contribution in [3.8, 4) is 0 Å². The van der Waals surface area contributed by atoms with E-state index in [4.69, 9.17) is 15.6 Å². The molecule has 0 aliphatic carbocycles. The van der Waals surface area contributed by atoms with Gasteiger partial charge in [-0.15, -0.1) is 0 Å². The fraction of sp³-hybridized carbons (Fsp3) is 0.438. The van der Waals surface area contributed by atoms with Crippen LogP contribution >= 0.6 is 0 Å².